The third-order valence-corrected chi connectivity index (χ3v) is 3.05. The molecule has 1 N–H and O–H groups in total. The van der Waals surface area contributed by atoms with E-state index in [2.05, 4.69) is 10.5 Å². The van der Waals surface area contributed by atoms with Crippen LogP contribution < -0.4 is 5.43 Å². The lowest BCUT2D eigenvalue weighted by Crippen LogP contribution is -2.09. The molecule has 2 aromatic carbocycles. The molecule has 0 saturated carbocycles. The summed E-state index contributed by atoms with van der Waals surface area (Å²) in [6, 6.07) is 12.9. The summed E-state index contributed by atoms with van der Waals surface area (Å²) in [4.78, 5) is 0. The molecule has 5 heteroatoms. The highest BCUT2D eigenvalue weighted by Crippen LogP contribution is 2.34. The average Bonchev–Trinajstić information content (AvgIpc) is 2.45. The van der Waals surface area contributed by atoms with Crippen LogP contribution in [0.2, 0.25) is 0 Å². The fourth-order valence-electron chi connectivity index (χ4n) is 1.83. The van der Waals surface area contributed by atoms with E-state index in [0.29, 0.717) is 5.71 Å². The second kappa shape index (κ2) is 5.99. The van der Waals surface area contributed by atoms with Crippen molar-refractivity contribution < 1.29 is 13.2 Å². The van der Waals surface area contributed by atoms with E-state index >= 15 is 0 Å². The highest BCUT2D eigenvalue weighted by Gasteiger charge is 2.33. The molecular weight excluding hydrogens is 277 g/mol. The molecule has 2 aromatic rings. The number of para-hydroxylation sites is 1. The van der Waals surface area contributed by atoms with Crippen molar-refractivity contribution in [3.63, 3.8) is 0 Å². The van der Waals surface area contributed by atoms with E-state index in [1.54, 1.807) is 6.92 Å². The molecule has 0 aliphatic rings. The van der Waals surface area contributed by atoms with Gasteiger partial charge in [-0.2, -0.15) is 18.3 Å². The van der Waals surface area contributed by atoms with Gasteiger partial charge in [0.05, 0.1) is 17.0 Å². The molecule has 0 bridgehead atoms. The number of hydrogen-bond acceptors (Lipinski definition) is 2. The fraction of sp³-hybridized carbons (Fsp3) is 0.188. The number of hydrogen-bond donors (Lipinski definition) is 1. The molecule has 0 heterocycles. The van der Waals surface area contributed by atoms with Gasteiger partial charge in [0.15, 0.2) is 0 Å². The normalized spacial score (nSPS) is 12.3. The van der Waals surface area contributed by atoms with Gasteiger partial charge in [-0.05, 0) is 31.5 Å². The van der Waals surface area contributed by atoms with Crippen LogP contribution in [-0.2, 0) is 6.18 Å². The molecule has 2 nitrogen and oxygen atoms in total. The first-order valence-electron chi connectivity index (χ1n) is 6.41. The number of rotatable bonds is 3. The number of aryl methyl sites for hydroxylation is 1. The standard InChI is InChI=1S/C16H15F3N2/c1-11-7-9-13(10-8-11)12(2)20-21-15-6-4-3-5-14(15)16(17,18)19/h3-10,21H,1-2H3. The zero-order valence-corrected chi connectivity index (χ0v) is 11.7. The highest BCUT2D eigenvalue weighted by atomic mass is 19.4. The minimum atomic E-state index is -4.41. The zero-order valence-electron chi connectivity index (χ0n) is 11.7. The summed E-state index contributed by atoms with van der Waals surface area (Å²) in [7, 11) is 0. The van der Waals surface area contributed by atoms with E-state index in [-0.39, 0.29) is 5.69 Å². The molecule has 0 aromatic heterocycles. The Morgan fingerprint density at radius 1 is 1.00 bits per heavy atom. The van der Waals surface area contributed by atoms with Crippen molar-refractivity contribution in [2.45, 2.75) is 20.0 Å². The smallest absolute Gasteiger partial charge is 0.278 e. The van der Waals surface area contributed by atoms with Crippen LogP contribution in [0.25, 0.3) is 0 Å². The molecule has 21 heavy (non-hydrogen) atoms. The lowest BCUT2D eigenvalue weighted by Gasteiger charge is -2.12. The van der Waals surface area contributed by atoms with Crippen molar-refractivity contribution in [2.24, 2.45) is 5.10 Å². The van der Waals surface area contributed by atoms with Gasteiger partial charge in [-0.3, -0.25) is 5.43 Å². The van der Waals surface area contributed by atoms with Crippen molar-refractivity contribution in [3.05, 3.63) is 65.2 Å². The number of hydrazone groups is 1. The maximum Gasteiger partial charge on any atom is 0.418 e. The van der Waals surface area contributed by atoms with Crippen LogP contribution in [0.1, 0.15) is 23.6 Å². The minimum Gasteiger partial charge on any atom is -0.278 e. The third-order valence-electron chi connectivity index (χ3n) is 3.05. The van der Waals surface area contributed by atoms with Crippen LogP contribution in [0.3, 0.4) is 0 Å². The topological polar surface area (TPSA) is 24.4 Å². The summed E-state index contributed by atoms with van der Waals surface area (Å²) >= 11 is 0. The average molecular weight is 292 g/mol. The Kier molecular flexibility index (Phi) is 4.31. The number of alkyl halides is 3. The molecule has 0 spiro atoms. The Balaban J connectivity index is 2.23. The Morgan fingerprint density at radius 3 is 2.24 bits per heavy atom. The first kappa shape index (κ1) is 15.1. The first-order chi connectivity index (χ1) is 9.88. The maximum atomic E-state index is 12.9. The Labute approximate surface area is 121 Å². The molecule has 0 saturated heterocycles. The molecule has 0 atom stereocenters. The summed E-state index contributed by atoms with van der Waals surface area (Å²) in [6.07, 6.45) is -4.41. The first-order valence-corrected chi connectivity index (χ1v) is 6.41. The summed E-state index contributed by atoms with van der Waals surface area (Å²) in [5, 5.41) is 4.04. The van der Waals surface area contributed by atoms with Crippen molar-refractivity contribution in [1.82, 2.24) is 0 Å². The molecule has 0 radical (unpaired) electrons. The van der Waals surface area contributed by atoms with Gasteiger partial charge in [-0.1, -0.05) is 42.0 Å². The summed E-state index contributed by atoms with van der Waals surface area (Å²) < 4.78 is 38.6. The SMILES string of the molecule is CC(=NNc1ccccc1C(F)(F)F)c1ccc(C)cc1. The van der Waals surface area contributed by atoms with Gasteiger partial charge in [0.2, 0.25) is 0 Å². The Hall–Kier alpha value is -2.30. The van der Waals surface area contributed by atoms with Gasteiger partial charge in [0, 0.05) is 0 Å². The number of benzene rings is 2. The predicted octanol–water partition coefficient (Wildman–Crippen LogP) is 4.85. The van der Waals surface area contributed by atoms with E-state index in [1.165, 1.54) is 18.2 Å². The van der Waals surface area contributed by atoms with Crippen LogP contribution in [-0.4, -0.2) is 5.71 Å². The van der Waals surface area contributed by atoms with Gasteiger partial charge in [0.25, 0.3) is 0 Å². The molecule has 0 fully saturated rings. The monoisotopic (exact) mass is 292 g/mol. The van der Waals surface area contributed by atoms with Crippen molar-refractivity contribution in [3.8, 4) is 0 Å². The third kappa shape index (κ3) is 3.84. The quantitative estimate of drug-likeness (QED) is 0.634. The number of nitrogens with zero attached hydrogens (tertiary/aromatic N) is 1. The summed E-state index contributed by atoms with van der Waals surface area (Å²) in [6.45, 7) is 3.71. The molecule has 0 aliphatic heterocycles. The largest absolute Gasteiger partial charge is 0.418 e. The van der Waals surface area contributed by atoms with Gasteiger partial charge < -0.3 is 0 Å². The van der Waals surface area contributed by atoms with Crippen LogP contribution in [0.15, 0.2) is 53.6 Å². The van der Waals surface area contributed by atoms with Gasteiger partial charge in [-0.15, -0.1) is 0 Å². The van der Waals surface area contributed by atoms with Crippen LogP contribution in [0.5, 0.6) is 0 Å². The number of nitrogens with one attached hydrogen (secondary N) is 1. The van der Waals surface area contributed by atoms with Crippen molar-refractivity contribution in [1.29, 1.82) is 0 Å². The number of anilines is 1. The maximum absolute atomic E-state index is 12.9. The van der Waals surface area contributed by atoms with Crippen LogP contribution in [0, 0.1) is 6.92 Å². The highest BCUT2D eigenvalue weighted by molar-refractivity contribution is 5.99. The summed E-state index contributed by atoms with van der Waals surface area (Å²) in [5.41, 5.74) is 4.30. The number of halogens is 3. The second-order valence-electron chi connectivity index (χ2n) is 4.72. The van der Waals surface area contributed by atoms with E-state index < -0.39 is 11.7 Å². The molecular formula is C16H15F3N2. The van der Waals surface area contributed by atoms with Crippen molar-refractivity contribution in [2.75, 3.05) is 5.43 Å². The lowest BCUT2D eigenvalue weighted by molar-refractivity contribution is -0.136. The van der Waals surface area contributed by atoms with Crippen LogP contribution >= 0.6 is 0 Å². The molecule has 0 aliphatic carbocycles. The van der Waals surface area contributed by atoms with E-state index in [0.717, 1.165) is 17.2 Å². The Bertz CT molecular complexity index is 643. The van der Waals surface area contributed by atoms with E-state index in [1.807, 2.05) is 31.2 Å². The predicted molar refractivity (Wildman–Crippen MR) is 78.5 cm³/mol. The van der Waals surface area contributed by atoms with E-state index in [9.17, 15) is 13.2 Å². The Morgan fingerprint density at radius 2 is 1.62 bits per heavy atom. The summed E-state index contributed by atoms with van der Waals surface area (Å²) in [5.74, 6) is 0. The van der Waals surface area contributed by atoms with Gasteiger partial charge >= 0.3 is 6.18 Å². The second-order valence-corrected chi connectivity index (χ2v) is 4.72. The molecule has 2 rings (SSSR count). The molecule has 0 amide bonds. The molecule has 0 unspecified atom stereocenters. The lowest BCUT2D eigenvalue weighted by atomic mass is 10.1. The van der Waals surface area contributed by atoms with E-state index in [4.69, 9.17) is 0 Å². The van der Waals surface area contributed by atoms with Gasteiger partial charge in [0.1, 0.15) is 0 Å². The van der Waals surface area contributed by atoms with Crippen LogP contribution in [0.4, 0.5) is 18.9 Å². The minimum absolute atomic E-state index is 0.0588. The molecule has 110 valence electrons. The van der Waals surface area contributed by atoms with Gasteiger partial charge in [-0.25, -0.2) is 0 Å². The fourth-order valence-corrected chi connectivity index (χ4v) is 1.83. The zero-order chi connectivity index (χ0) is 15.5. The van der Waals surface area contributed by atoms with Crippen molar-refractivity contribution >= 4 is 11.4 Å².